The van der Waals surface area contributed by atoms with Crippen molar-refractivity contribution in [1.29, 1.82) is 0 Å². The Morgan fingerprint density at radius 3 is 2.43 bits per heavy atom. The lowest BCUT2D eigenvalue weighted by Gasteiger charge is -1.96. The maximum atomic E-state index is 11.0. The Kier molecular flexibility index (Phi) is 2.20. The molecule has 2 aromatic carbocycles. The number of hydrogen-bond acceptors (Lipinski definition) is 6. The minimum atomic E-state index is -0.609. The Morgan fingerprint density at radius 2 is 1.71 bits per heavy atom. The smallest absolute Gasteiger partial charge is 0.283 e. The van der Waals surface area contributed by atoms with Crippen LogP contribution in [0.2, 0.25) is 0 Å². The summed E-state index contributed by atoms with van der Waals surface area (Å²) in [6.07, 6.45) is 0.462. The van der Waals surface area contributed by atoms with Crippen LogP contribution < -0.4 is 9.47 Å². The summed E-state index contributed by atoms with van der Waals surface area (Å²) in [4.78, 5) is 21.4. The largest absolute Gasteiger partial charge is 0.456 e. The fourth-order valence-corrected chi connectivity index (χ4v) is 2.47. The highest BCUT2D eigenvalue weighted by Gasteiger charge is 2.21. The number of nitro benzene ring substituents is 1. The van der Waals surface area contributed by atoms with Gasteiger partial charge in [-0.05, 0) is 12.1 Å². The first-order valence-electron chi connectivity index (χ1n) is 6.07. The highest BCUT2D eigenvalue weighted by atomic mass is 16.7. The molecule has 21 heavy (non-hydrogen) atoms. The standard InChI is InChI=1S/C14H7NO6/c16-5-7-1-8-9-2-13-14(20-6-19-13)4-12(9)21-11(8)3-10(7)15(17)18/h1-5H,6H2. The van der Waals surface area contributed by atoms with Gasteiger partial charge in [0.2, 0.25) is 6.79 Å². The van der Waals surface area contributed by atoms with E-state index in [1.54, 1.807) is 12.1 Å². The summed E-state index contributed by atoms with van der Waals surface area (Å²) in [5.74, 6) is 1.14. The predicted molar refractivity (Wildman–Crippen MR) is 71.9 cm³/mol. The lowest BCUT2D eigenvalue weighted by molar-refractivity contribution is -0.385. The number of nitro groups is 1. The number of furan rings is 1. The van der Waals surface area contributed by atoms with Gasteiger partial charge in [0.05, 0.1) is 16.6 Å². The summed E-state index contributed by atoms with van der Waals surface area (Å²) < 4.78 is 16.2. The number of aldehydes is 1. The van der Waals surface area contributed by atoms with Crippen LogP contribution in [0, 0.1) is 10.1 Å². The maximum Gasteiger partial charge on any atom is 0.283 e. The zero-order valence-corrected chi connectivity index (χ0v) is 10.5. The number of ether oxygens (including phenoxy) is 2. The second kappa shape index (κ2) is 3.95. The summed E-state index contributed by atoms with van der Waals surface area (Å²) in [5, 5.41) is 12.3. The van der Waals surface area contributed by atoms with Gasteiger partial charge in [-0.15, -0.1) is 0 Å². The average Bonchev–Trinajstić information content (AvgIpc) is 3.06. The van der Waals surface area contributed by atoms with Crippen molar-refractivity contribution in [2.45, 2.75) is 0 Å². The molecule has 0 saturated carbocycles. The molecule has 0 saturated heterocycles. The van der Waals surface area contributed by atoms with Gasteiger partial charge in [-0.1, -0.05) is 0 Å². The van der Waals surface area contributed by atoms with Crippen molar-refractivity contribution in [2.24, 2.45) is 0 Å². The zero-order valence-electron chi connectivity index (χ0n) is 10.5. The summed E-state index contributed by atoms with van der Waals surface area (Å²) in [6, 6.07) is 6.12. The quantitative estimate of drug-likeness (QED) is 0.408. The van der Waals surface area contributed by atoms with Crippen molar-refractivity contribution < 1.29 is 23.6 Å². The van der Waals surface area contributed by atoms with Gasteiger partial charge in [0, 0.05) is 16.8 Å². The number of fused-ring (bicyclic) bond motifs is 4. The van der Waals surface area contributed by atoms with Crippen molar-refractivity contribution in [1.82, 2.24) is 0 Å². The van der Waals surface area contributed by atoms with Crippen LogP contribution in [0.4, 0.5) is 5.69 Å². The Hall–Kier alpha value is -3.09. The lowest BCUT2D eigenvalue weighted by Crippen LogP contribution is -1.93. The first kappa shape index (κ1) is 11.7. The van der Waals surface area contributed by atoms with Crippen LogP contribution in [0.1, 0.15) is 10.4 Å². The molecule has 0 atom stereocenters. The predicted octanol–water partition coefficient (Wildman–Crippen LogP) is 3.04. The first-order valence-corrected chi connectivity index (χ1v) is 6.07. The molecule has 0 radical (unpaired) electrons. The second-order valence-electron chi connectivity index (χ2n) is 4.59. The summed E-state index contributed by atoms with van der Waals surface area (Å²) in [5.41, 5.74) is 0.585. The number of rotatable bonds is 2. The van der Waals surface area contributed by atoms with Crippen molar-refractivity contribution in [3.63, 3.8) is 0 Å². The van der Waals surface area contributed by atoms with Crippen molar-refractivity contribution in [3.05, 3.63) is 39.9 Å². The molecule has 0 amide bonds. The van der Waals surface area contributed by atoms with Crippen LogP contribution in [0.5, 0.6) is 11.5 Å². The van der Waals surface area contributed by atoms with Gasteiger partial charge in [0.1, 0.15) is 11.2 Å². The van der Waals surface area contributed by atoms with Crippen molar-refractivity contribution >= 4 is 33.9 Å². The third-order valence-electron chi connectivity index (χ3n) is 3.44. The summed E-state index contributed by atoms with van der Waals surface area (Å²) >= 11 is 0. The Morgan fingerprint density at radius 1 is 1.05 bits per heavy atom. The van der Waals surface area contributed by atoms with Gasteiger partial charge < -0.3 is 13.9 Å². The molecule has 7 heteroatoms. The molecule has 0 N–H and O–H groups in total. The van der Waals surface area contributed by atoms with E-state index in [2.05, 4.69) is 0 Å². The molecule has 1 aliphatic heterocycles. The number of benzene rings is 2. The van der Waals surface area contributed by atoms with Gasteiger partial charge in [-0.25, -0.2) is 0 Å². The number of carbonyl (C=O) groups excluding carboxylic acids is 1. The van der Waals surface area contributed by atoms with E-state index >= 15 is 0 Å². The lowest BCUT2D eigenvalue weighted by atomic mass is 10.1. The van der Waals surface area contributed by atoms with Crippen LogP contribution in [-0.2, 0) is 0 Å². The molecule has 0 bridgehead atoms. The molecule has 0 unspecified atom stereocenters. The van der Waals surface area contributed by atoms with Crippen molar-refractivity contribution in [3.8, 4) is 11.5 Å². The molecule has 0 spiro atoms. The summed E-state index contributed by atoms with van der Waals surface area (Å²) in [6.45, 7) is 0.144. The highest BCUT2D eigenvalue weighted by Crippen LogP contribution is 2.41. The van der Waals surface area contributed by atoms with Gasteiger partial charge in [0.15, 0.2) is 17.8 Å². The van der Waals surface area contributed by atoms with Crippen LogP contribution in [0.25, 0.3) is 21.9 Å². The van der Waals surface area contributed by atoms with E-state index < -0.39 is 4.92 Å². The molecule has 1 aliphatic rings. The normalized spacial score (nSPS) is 13.0. The third kappa shape index (κ3) is 1.57. The average molecular weight is 285 g/mol. The number of carbonyl (C=O) groups is 1. The topological polar surface area (TPSA) is 91.8 Å². The molecule has 7 nitrogen and oxygen atoms in total. The molecule has 3 aromatic rings. The number of nitrogens with zero attached hydrogens (tertiary/aromatic N) is 1. The molecule has 1 aromatic heterocycles. The summed E-state index contributed by atoms with van der Waals surface area (Å²) in [7, 11) is 0. The van der Waals surface area contributed by atoms with E-state index in [1.807, 2.05) is 0 Å². The van der Waals surface area contributed by atoms with Gasteiger partial charge in [0.25, 0.3) is 5.69 Å². The van der Waals surface area contributed by atoms with E-state index in [-0.39, 0.29) is 18.0 Å². The van der Waals surface area contributed by atoms with Crippen molar-refractivity contribution in [2.75, 3.05) is 6.79 Å². The molecule has 4 rings (SSSR count). The molecule has 2 heterocycles. The van der Waals surface area contributed by atoms with Crippen LogP contribution in [0.15, 0.2) is 28.7 Å². The number of hydrogen-bond donors (Lipinski definition) is 0. The molecular formula is C14H7NO6. The minimum absolute atomic E-state index is 0.00728. The minimum Gasteiger partial charge on any atom is -0.456 e. The molecule has 0 fully saturated rings. The van der Waals surface area contributed by atoms with Crippen LogP contribution in [-0.4, -0.2) is 18.0 Å². The van der Waals surface area contributed by atoms with E-state index in [0.717, 1.165) is 0 Å². The maximum absolute atomic E-state index is 11.0. The monoisotopic (exact) mass is 285 g/mol. The molecular weight excluding hydrogens is 278 g/mol. The zero-order chi connectivity index (χ0) is 14.6. The SMILES string of the molecule is O=Cc1cc2c(cc1[N+](=O)[O-])oc1cc3c(cc12)OCO3. The van der Waals surface area contributed by atoms with Gasteiger partial charge in [-0.2, -0.15) is 0 Å². The van der Waals surface area contributed by atoms with E-state index in [0.29, 0.717) is 39.7 Å². The first-order chi connectivity index (χ1) is 10.2. The van der Waals surface area contributed by atoms with E-state index in [9.17, 15) is 14.9 Å². The van der Waals surface area contributed by atoms with Gasteiger partial charge in [-0.3, -0.25) is 14.9 Å². The Bertz CT molecular complexity index is 926. The fourth-order valence-electron chi connectivity index (χ4n) is 2.47. The van der Waals surface area contributed by atoms with E-state index in [1.165, 1.54) is 12.1 Å². The highest BCUT2D eigenvalue weighted by molar-refractivity contribution is 6.08. The third-order valence-corrected chi connectivity index (χ3v) is 3.44. The molecule has 0 aliphatic carbocycles. The van der Waals surface area contributed by atoms with Crippen LogP contribution >= 0.6 is 0 Å². The second-order valence-corrected chi connectivity index (χ2v) is 4.59. The Balaban J connectivity index is 2.09. The Labute approximate surface area is 116 Å². The fraction of sp³-hybridized carbons (Fsp3) is 0.0714. The molecule has 104 valence electrons. The van der Waals surface area contributed by atoms with Gasteiger partial charge >= 0.3 is 0 Å². The van der Waals surface area contributed by atoms with Crippen LogP contribution in [0.3, 0.4) is 0 Å². The van der Waals surface area contributed by atoms with E-state index in [4.69, 9.17) is 13.9 Å².